The lowest BCUT2D eigenvalue weighted by molar-refractivity contribution is 0.0781. The summed E-state index contributed by atoms with van der Waals surface area (Å²) in [5.74, 6) is 2.24. The van der Waals surface area contributed by atoms with Crippen LogP contribution in [0.4, 0.5) is 0 Å². The van der Waals surface area contributed by atoms with E-state index >= 15 is 0 Å². The van der Waals surface area contributed by atoms with Crippen molar-refractivity contribution < 1.29 is 14.3 Å². The van der Waals surface area contributed by atoms with Crippen molar-refractivity contribution in [2.45, 2.75) is 20.3 Å². The summed E-state index contributed by atoms with van der Waals surface area (Å²) in [6.45, 7) is 8.63. The number of rotatable bonds is 6. The number of fused-ring (bicyclic) bond motifs is 1. The molecule has 1 aromatic rings. The van der Waals surface area contributed by atoms with Crippen LogP contribution in [0.2, 0.25) is 5.02 Å². The summed E-state index contributed by atoms with van der Waals surface area (Å²) in [6, 6.07) is 3.46. The van der Waals surface area contributed by atoms with Gasteiger partial charge in [0.15, 0.2) is 11.5 Å². The second-order valence-corrected chi connectivity index (χ2v) is 6.86. The molecule has 1 aromatic carbocycles. The van der Waals surface area contributed by atoms with Gasteiger partial charge in [-0.25, -0.2) is 0 Å². The number of hydrogen-bond acceptors (Lipinski definition) is 4. The highest BCUT2D eigenvalue weighted by Crippen LogP contribution is 2.38. The zero-order valence-electron chi connectivity index (χ0n) is 14.7. The minimum Gasteiger partial charge on any atom is -0.490 e. The number of nitrogens with one attached hydrogen (secondary N) is 1. The van der Waals surface area contributed by atoms with Gasteiger partial charge in [-0.05, 0) is 37.3 Å². The topological polar surface area (TPSA) is 50.8 Å². The zero-order chi connectivity index (χ0) is 17.1. The molecule has 2 aliphatic rings. The fourth-order valence-electron chi connectivity index (χ4n) is 3.50. The van der Waals surface area contributed by atoms with Gasteiger partial charge >= 0.3 is 0 Å². The lowest BCUT2D eigenvalue weighted by atomic mass is 10.0. The maximum absolute atomic E-state index is 12.9. The predicted molar refractivity (Wildman–Crippen MR) is 101 cm³/mol. The average molecular weight is 389 g/mol. The molecule has 0 aliphatic carbocycles. The molecule has 140 valence electrons. The third-order valence-corrected chi connectivity index (χ3v) is 4.96. The van der Waals surface area contributed by atoms with Crippen LogP contribution in [0.3, 0.4) is 0 Å². The maximum Gasteiger partial charge on any atom is 0.254 e. The van der Waals surface area contributed by atoms with E-state index in [0.717, 1.165) is 32.6 Å². The van der Waals surface area contributed by atoms with Crippen LogP contribution in [0.5, 0.6) is 11.5 Å². The molecule has 0 unspecified atom stereocenters. The number of nitrogens with zero attached hydrogens (tertiary/aromatic N) is 1. The number of carbonyl (C=O) groups excluding carboxylic acids is 1. The van der Waals surface area contributed by atoms with Crippen molar-refractivity contribution in [3.05, 3.63) is 22.7 Å². The van der Waals surface area contributed by atoms with Gasteiger partial charge in [-0.1, -0.05) is 18.5 Å². The summed E-state index contributed by atoms with van der Waals surface area (Å²) in [6.07, 6.45) is 0.882. The molecular formula is C18H26Cl2N2O3. The summed E-state index contributed by atoms with van der Waals surface area (Å²) in [7, 11) is 0. The van der Waals surface area contributed by atoms with Gasteiger partial charge in [-0.2, -0.15) is 0 Å². The first-order chi connectivity index (χ1) is 11.6. The minimum atomic E-state index is 0. The van der Waals surface area contributed by atoms with Crippen LogP contribution in [0.15, 0.2) is 12.1 Å². The summed E-state index contributed by atoms with van der Waals surface area (Å²) in [5.41, 5.74) is 0.570. The molecule has 0 aromatic heterocycles. The number of ether oxygens (including phenoxy) is 2. The molecule has 1 N–H and O–H groups in total. The second-order valence-electron chi connectivity index (χ2n) is 6.46. The van der Waals surface area contributed by atoms with Crippen molar-refractivity contribution in [2.75, 3.05) is 39.4 Å². The Morgan fingerprint density at radius 3 is 2.52 bits per heavy atom. The van der Waals surface area contributed by atoms with Crippen molar-refractivity contribution >= 4 is 29.9 Å². The van der Waals surface area contributed by atoms with E-state index in [4.69, 9.17) is 21.1 Å². The lowest BCUT2D eigenvalue weighted by Crippen LogP contribution is -2.31. The van der Waals surface area contributed by atoms with Gasteiger partial charge in [0.05, 0.1) is 18.2 Å². The highest BCUT2D eigenvalue weighted by atomic mass is 35.5. The first-order valence-corrected chi connectivity index (χ1v) is 9.11. The molecule has 25 heavy (non-hydrogen) atoms. The van der Waals surface area contributed by atoms with E-state index in [-0.39, 0.29) is 18.3 Å². The number of halogens is 2. The van der Waals surface area contributed by atoms with Gasteiger partial charge in [0.1, 0.15) is 0 Å². The summed E-state index contributed by atoms with van der Waals surface area (Å²) in [5, 5.41) is 3.82. The number of benzene rings is 1. The number of hydrogen-bond donors (Lipinski definition) is 1. The van der Waals surface area contributed by atoms with Crippen molar-refractivity contribution in [3.8, 4) is 11.5 Å². The Morgan fingerprint density at radius 2 is 1.92 bits per heavy atom. The molecule has 2 atom stereocenters. The molecule has 0 spiro atoms. The van der Waals surface area contributed by atoms with E-state index < -0.39 is 0 Å². The van der Waals surface area contributed by atoms with Crippen molar-refractivity contribution in [3.63, 3.8) is 0 Å². The number of amides is 1. The van der Waals surface area contributed by atoms with Gasteiger partial charge in [0.25, 0.3) is 5.91 Å². The lowest BCUT2D eigenvalue weighted by Gasteiger charge is -2.19. The molecule has 7 heteroatoms. The molecule has 2 aliphatic heterocycles. The van der Waals surface area contributed by atoms with Gasteiger partial charge in [-0.3, -0.25) is 4.79 Å². The van der Waals surface area contributed by atoms with Crippen LogP contribution in [0.1, 0.15) is 30.6 Å². The summed E-state index contributed by atoms with van der Waals surface area (Å²) >= 11 is 6.37. The van der Waals surface area contributed by atoms with Gasteiger partial charge in [-0.15, -0.1) is 12.4 Å². The van der Waals surface area contributed by atoms with Gasteiger partial charge in [0, 0.05) is 31.7 Å². The molecular weight excluding hydrogens is 363 g/mol. The molecule has 2 saturated heterocycles. The Morgan fingerprint density at radius 1 is 1.24 bits per heavy atom. The van der Waals surface area contributed by atoms with Gasteiger partial charge in [0.2, 0.25) is 0 Å². The normalized spacial score (nSPS) is 21.6. The first kappa shape index (κ1) is 20.1. The van der Waals surface area contributed by atoms with Crippen LogP contribution in [0.25, 0.3) is 0 Å². The SMILES string of the molecule is CCCOc1c(Cl)cc(C(=O)N2C[C@H]3CNC[C@H]3C2)cc1OCC.Cl. The van der Waals surface area contributed by atoms with Crippen molar-refractivity contribution in [1.29, 1.82) is 0 Å². The van der Waals surface area contributed by atoms with Crippen molar-refractivity contribution in [2.24, 2.45) is 11.8 Å². The van der Waals surface area contributed by atoms with E-state index in [1.54, 1.807) is 12.1 Å². The van der Waals surface area contributed by atoms with Gasteiger partial charge < -0.3 is 19.7 Å². The standard InChI is InChI=1S/C18H25ClN2O3.ClH/c1-3-5-24-17-15(19)6-12(7-16(17)23-4-2)18(22)21-10-13-8-20-9-14(13)11-21;/h6-7,13-14,20H,3-5,8-11H2,1-2H3;1H/t13-,14+;. The Bertz CT molecular complexity index is 600. The fraction of sp³-hybridized carbons (Fsp3) is 0.611. The maximum atomic E-state index is 12.9. The monoisotopic (exact) mass is 388 g/mol. The zero-order valence-corrected chi connectivity index (χ0v) is 16.3. The van der Waals surface area contributed by atoms with Crippen LogP contribution in [0, 0.1) is 11.8 Å². The Balaban J connectivity index is 0.00000225. The summed E-state index contributed by atoms with van der Waals surface area (Å²) < 4.78 is 11.4. The molecule has 0 bridgehead atoms. The van der Waals surface area contributed by atoms with E-state index in [1.165, 1.54) is 0 Å². The van der Waals surface area contributed by atoms with Crippen LogP contribution < -0.4 is 14.8 Å². The molecule has 0 radical (unpaired) electrons. The number of carbonyl (C=O) groups is 1. The third kappa shape index (κ3) is 4.33. The third-order valence-electron chi connectivity index (χ3n) is 4.68. The van der Waals surface area contributed by atoms with Crippen LogP contribution >= 0.6 is 24.0 Å². The van der Waals surface area contributed by atoms with E-state index in [9.17, 15) is 4.79 Å². The Kier molecular flexibility index (Phi) is 7.23. The molecule has 0 saturated carbocycles. The van der Waals surface area contributed by atoms with E-state index in [2.05, 4.69) is 5.32 Å². The fourth-order valence-corrected chi connectivity index (χ4v) is 3.77. The largest absolute Gasteiger partial charge is 0.490 e. The second kappa shape index (κ2) is 8.97. The molecule has 3 rings (SSSR count). The Hall–Kier alpha value is -1.17. The highest BCUT2D eigenvalue weighted by Gasteiger charge is 2.38. The quantitative estimate of drug-likeness (QED) is 0.812. The Labute approximate surface area is 160 Å². The van der Waals surface area contributed by atoms with E-state index in [1.807, 2.05) is 18.7 Å². The van der Waals surface area contributed by atoms with Crippen LogP contribution in [-0.4, -0.2) is 50.2 Å². The minimum absolute atomic E-state index is 0. The first-order valence-electron chi connectivity index (χ1n) is 8.73. The highest BCUT2D eigenvalue weighted by molar-refractivity contribution is 6.32. The smallest absolute Gasteiger partial charge is 0.254 e. The van der Waals surface area contributed by atoms with Crippen LogP contribution in [-0.2, 0) is 0 Å². The van der Waals surface area contributed by atoms with Crippen molar-refractivity contribution in [1.82, 2.24) is 10.2 Å². The van der Waals surface area contributed by atoms with E-state index in [0.29, 0.717) is 47.1 Å². The molecule has 2 heterocycles. The molecule has 1 amide bonds. The average Bonchev–Trinajstić information content (AvgIpc) is 3.15. The molecule has 2 fully saturated rings. The predicted octanol–water partition coefficient (Wildman–Crippen LogP) is 3.24. The number of likely N-dealkylation sites (tertiary alicyclic amines) is 1. The summed E-state index contributed by atoms with van der Waals surface area (Å²) in [4.78, 5) is 14.8. The molecule has 5 nitrogen and oxygen atoms in total.